The van der Waals surface area contributed by atoms with Gasteiger partial charge in [0.05, 0.1) is 11.4 Å². The standard InChI is InChI=1S/C13H18ClN5/c1-8-5-6-10(17-16-8)19-12(15)11(14)9(18-19)7-13(2,3)4/h5-6H,7,15H2,1-4H3. The summed E-state index contributed by atoms with van der Waals surface area (Å²) in [4.78, 5) is 0. The Morgan fingerprint density at radius 1 is 1.26 bits per heavy atom. The monoisotopic (exact) mass is 279 g/mol. The second-order valence-electron chi connectivity index (χ2n) is 5.83. The minimum atomic E-state index is 0.0915. The summed E-state index contributed by atoms with van der Waals surface area (Å²) in [6, 6.07) is 3.68. The second-order valence-corrected chi connectivity index (χ2v) is 6.21. The normalized spacial score (nSPS) is 11.8. The fourth-order valence-corrected chi connectivity index (χ4v) is 1.94. The van der Waals surface area contributed by atoms with Gasteiger partial charge in [-0.15, -0.1) is 5.10 Å². The van der Waals surface area contributed by atoms with Crippen LogP contribution in [-0.4, -0.2) is 20.0 Å². The smallest absolute Gasteiger partial charge is 0.178 e. The number of nitrogens with zero attached hydrogens (tertiary/aromatic N) is 4. The van der Waals surface area contributed by atoms with Crippen LogP contribution in [0.2, 0.25) is 5.02 Å². The number of nitrogen functional groups attached to an aromatic ring is 1. The van der Waals surface area contributed by atoms with E-state index in [1.165, 1.54) is 4.68 Å². The predicted molar refractivity (Wildman–Crippen MR) is 76.5 cm³/mol. The fraction of sp³-hybridized carbons (Fsp3) is 0.462. The van der Waals surface area contributed by atoms with Crippen molar-refractivity contribution >= 4 is 17.4 Å². The summed E-state index contributed by atoms with van der Waals surface area (Å²) < 4.78 is 1.54. The number of nitrogens with two attached hydrogens (primary N) is 1. The van der Waals surface area contributed by atoms with Crippen molar-refractivity contribution in [3.63, 3.8) is 0 Å². The van der Waals surface area contributed by atoms with Crippen molar-refractivity contribution in [2.45, 2.75) is 34.1 Å². The fourth-order valence-electron chi connectivity index (χ4n) is 1.75. The highest BCUT2D eigenvalue weighted by Crippen LogP contribution is 2.30. The quantitative estimate of drug-likeness (QED) is 0.918. The molecule has 0 radical (unpaired) electrons. The zero-order valence-corrected chi connectivity index (χ0v) is 12.4. The third kappa shape index (κ3) is 3.04. The van der Waals surface area contributed by atoms with Crippen molar-refractivity contribution in [3.05, 3.63) is 28.5 Å². The van der Waals surface area contributed by atoms with Crippen molar-refractivity contribution in [3.8, 4) is 5.82 Å². The van der Waals surface area contributed by atoms with E-state index in [9.17, 15) is 0 Å². The first-order valence-electron chi connectivity index (χ1n) is 6.11. The van der Waals surface area contributed by atoms with Crippen molar-refractivity contribution in [2.75, 3.05) is 5.73 Å². The summed E-state index contributed by atoms with van der Waals surface area (Å²) in [7, 11) is 0. The van der Waals surface area contributed by atoms with Crippen LogP contribution in [0.1, 0.15) is 32.2 Å². The van der Waals surface area contributed by atoms with Crippen molar-refractivity contribution < 1.29 is 0 Å². The Balaban J connectivity index is 2.43. The molecule has 0 aliphatic heterocycles. The molecule has 0 saturated carbocycles. The summed E-state index contributed by atoms with van der Waals surface area (Å²) in [6.45, 7) is 8.26. The molecule has 0 bridgehead atoms. The summed E-state index contributed by atoms with van der Waals surface area (Å²) in [5.41, 5.74) is 7.71. The first kappa shape index (κ1) is 13.8. The summed E-state index contributed by atoms with van der Waals surface area (Å²) >= 11 is 6.24. The zero-order chi connectivity index (χ0) is 14.2. The van der Waals surface area contributed by atoms with Gasteiger partial charge in [-0.2, -0.15) is 14.9 Å². The molecule has 0 spiro atoms. The summed E-state index contributed by atoms with van der Waals surface area (Å²) in [5, 5.41) is 13.0. The molecular weight excluding hydrogens is 262 g/mol. The Morgan fingerprint density at radius 2 is 1.95 bits per heavy atom. The van der Waals surface area contributed by atoms with E-state index in [2.05, 4.69) is 36.1 Å². The molecule has 2 N–H and O–H groups in total. The molecule has 2 heterocycles. The van der Waals surface area contributed by atoms with Crippen LogP contribution in [0.5, 0.6) is 0 Å². The molecular formula is C13H18ClN5. The van der Waals surface area contributed by atoms with Gasteiger partial charge in [0.1, 0.15) is 10.8 Å². The number of aromatic nitrogens is 4. The van der Waals surface area contributed by atoms with Gasteiger partial charge in [0.25, 0.3) is 0 Å². The Labute approximate surface area is 117 Å². The molecule has 102 valence electrons. The third-order valence-corrected chi connectivity index (χ3v) is 3.04. The number of hydrogen-bond acceptors (Lipinski definition) is 4. The Bertz CT molecular complexity index is 580. The number of aryl methyl sites for hydroxylation is 1. The van der Waals surface area contributed by atoms with Crippen molar-refractivity contribution in [1.29, 1.82) is 0 Å². The predicted octanol–water partition coefficient (Wildman–Crippen LogP) is 2.79. The van der Waals surface area contributed by atoms with E-state index in [4.69, 9.17) is 17.3 Å². The van der Waals surface area contributed by atoms with Crippen LogP contribution in [0, 0.1) is 12.3 Å². The first-order valence-corrected chi connectivity index (χ1v) is 6.49. The second kappa shape index (κ2) is 4.81. The van der Waals surface area contributed by atoms with E-state index < -0.39 is 0 Å². The van der Waals surface area contributed by atoms with E-state index in [-0.39, 0.29) is 5.41 Å². The number of halogens is 1. The highest BCUT2D eigenvalue weighted by atomic mass is 35.5. The Hall–Kier alpha value is -1.62. The van der Waals surface area contributed by atoms with Gasteiger partial charge in [0.15, 0.2) is 5.82 Å². The molecule has 0 atom stereocenters. The molecule has 19 heavy (non-hydrogen) atoms. The van der Waals surface area contributed by atoms with Gasteiger partial charge in [-0.05, 0) is 30.9 Å². The molecule has 2 aromatic heterocycles. The van der Waals surface area contributed by atoms with Crippen LogP contribution in [0.25, 0.3) is 5.82 Å². The lowest BCUT2D eigenvalue weighted by Crippen LogP contribution is -2.10. The molecule has 0 aliphatic carbocycles. The molecule has 2 aromatic rings. The summed E-state index contributed by atoms with van der Waals surface area (Å²) in [5.74, 6) is 0.976. The van der Waals surface area contributed by atoms with E-state index in [0.717, 1.165) is 17.8 Å². The van der Waals surface area contributed by atoms with Gasteiger partial charge in [-0.3, -0.25) is 0 Å². The van der Waals surface area contributed by atoms with Gasteiger partial charge < -0.3 is 5.73 Å². The third-order valence-electron chi connectivity index (χ3n) is 2.63. The van der Waals surface area contributed by atoms with Gasteiger partial charge in [-0.1, -0.05) is 32.4 Å². The highest BCUT2D eigenvalue weighted by Gasteiger charge is 2.21. The minimum Gasteiger partial charge on any atom is -0.382 e. The van der Waals surface area contributed by atoms with Crippen LogP contribution in [0.15, 0.2) is 12.1 Å². The van der Waals surface area contributed by atoms with Crippen molar-refractivity contribution in [1.82, 2.24) is 20.0 Å². The average Bonchev–Trinajstić information content (AvgIpc) is 2.57. The lowest BCUT2D eigenvalue weighted by Gasteiger charge is -2.16. The molecule has 2 rings (SSSR count). The van der Waals surface area contributed by atoms with Gasteiger partial charge >= 0.3 is 0 Å². The Kier molecular flexibility index (Phi) is 3.49. The number of anilines is 1. The molecule has 6 heteroatoms. The van der Waals surface area contributed by atoms with Gasteiger partial charge in [0.2, 0.25) is 0 Å². The van der Waals surface area contributed by atoms with Crippen LogP contribution in [0.3, 0.4) is 0 Å². The lowest BCUT2D eigenvalue weighted by molar-refractivity contribution is 0.405. The van der Waals surface area contributed by atoms with Gasteiger partial charge in [0, 0.05) is 0 Å². The lowest BCUT2D eigenvalue weighted by atomic mass is 9.91. The van der Waals surface area contributed by atoms with E-state index in [0.29, 0.717) is 16.7 Å². The molecule has 0 saturated heterocycles. The molecule has 0 aliphatic rings. The maximum atomic E-state index is 6.24. The number of hydrogen-bond donors (Lipinski definition) is 1. The molecule has 0 fully saturated rings. The van der Waals surface area contributed by atoms with E-state index >= 15 is 0 Å². The Morgan fingerprint density at radius 3 is 2.47 bits per heavy atom. The van der Waals surface area contributed by atoms with E-state index in [1.807, 2.05) is 19.1 Å². The van der Waals surface area contributed by atoms with E-state index in [1.54, 1.807) is 0 Å². The minimum absolute atomic E-state index is 0.0915. The van der Waals surface area contributed by atoms with Crippen LogP contribution in [-0.2, 0) is 6.42 Å². The SMILES string of the molecule is Cc1ccc(-n2nc(CC(C)(C)C)c(Cl)c2N)nn1. The largest absolute Gasteiger partial charge is 0.382 e. The first-order chi connectivity index (χ1) is 8.78. The topological polar surface area (TPSA) is 69.6 Å². The summed E-state index contributed by atoms with van der Waals surface area (Å²) in [6.07, 6.45) is 0.752. The molecule has 0 aromatic carbocycles. The maximum absolute atomic E-state index is 6.24. The zero-order valence-electron chi connectivity index (χ0n) is 11.6. The van der Waals surface area contributed by atoms with Crippen LogP contribution in [0.4, 0.5) is 5.82 Å². The van der Waals surface area contributed by atoms with Crippen LogP contribution >= 0.6 is 11.6 Å². The molecule has 5 nitrogen and oxygen atoms in total. The maximum Gasteiger partial charge on any atom is 0.178 e. The molecule has 0 unspecified atom stereocenters. The molecule has 0 amide bonds. The number of rotatable bonds is 2. The van der Waals surface area contributed by atoms with Crippen molar-refractivity contribution in [2.24, 2.45) is 5.41 Å². The average molecular weight is 280 g/mol. The van der Waals surface area contributed by atoms with Crippen LogP contribution < -0.4 is 5.73 Å². The van der Waals surface area contributed by atoms with Gasteiger partial charge in [-0.25, -0.2) is 0 Å². The highest BCUT2D eigenvalue weighted by molar-refractivity contribution is 6.33.